The van der Waals surface area contributed by atoms with E-state index in [0.717, 1.165) is 30.2 Å². The van der Waals surface area contributed by atoms with E-state index in [9.17, 15) is 0 Å². The molecule has 1 atom stereocenters. The van der Waals surface area contributed by atoms with E-state index in [2.05, 4.69) is 21.8 Å². The van der Waals surface area contributed by atoms with Gasteiger partial charge in [0.15, 0.2) is 0 Å². The number of aromatic nitrogens is 2. The first-order chi connectivity index (χ1) is 10.1. The zero-order valence-electron chi connectivity index (χ0n) is 11.8. The number of hydrogen-bond donors (Lipinski definition) is 0. The van der Waals surface area contributed by atoms with Crippen LogP contribution in [0, 0.1) is 0 Å². The van der Waals surface area contributed by atoms with E-state index in [0.29, 0.717) is 11.1 Å². The minimum atomic E-state index is 0.188. The lowest BCUT2D eigenvalue weighted by Gasteiger charge is -2.18. The van der Waals surface area contributed by atoms with E-state index in [1.54, 1.807) is 7.11 Å². The molecule has 1 aliphatic rings. The van der Waals surface area contributed by atoms with E-state index in [-0.39, 0.29) is 5.28 Å². The summed E-state index contributed by atoms with van der Waals surface area (Å²) in [5, 5.41) is 0.641. The van der Waals surface area contributed by atoms with Crippen molar-refractivity contribution in [1.29, 1.82) is 0 Å². The lowest BCUT2D eigenvalue weighted by Crippen LogP contribution is -2.21. The Balaban J connectivity index is 1.88. The van der Waals surface area contributed by atoms with Crippen molar-refractivity contribution in [1.82, 2.24) is 9.97 Å². The molecule has 4 nitrogen and oxygen atoms in total. The summed E-state index contributed by atoms with van der Waals surface area (Å²) in [5.74, 6) is 1.98. The molecule has 1 aliphatic heterocycles. The summed E-state index contributed by atoms with van der Waals surface area (Å²) in [7, 11) is 1.66. The van der Waals surface area contributed by atoms with Crippen LogP contribution < -0.4 is 9.64 Å². The molecule has 1 aromatic heterocycles. The van der Waals surface area contributed by atoms with Gasteiger partial charge in [-0.3, -0.25) is 0 Å². The van der Waals surface area contributed by atoms with Gasteiger partial charge in [-0.1, -0.05) is 30.7 Å². The monoisotopic (exact) mass is 323 g/mol. The first-order valence-corrected chi connectivity index (χ1v) is 7.45. The number of fused-ring (bicyclic) bond motifs is 1. The molecular formula is C15H15Cl2N3O. The highest BCUT2D eigenvalue weighted by molar-refractivity contribution is 6.32. The first kappa shape index (κ1) is 14.4. The molecule has 0 spiro atoms. The van der Waals surface area contributed by atoms with Crippen LogP contribution in [0.1, 0.15) is 24.0 Å². The van der Waals surface area contributed by atoms with E-state index in [1.165, 1.54) is 5.56 Å². The number of rotatable bonds is 3. The number of halogens is 2. The average Bonchev–Trinajstić information content (AvgIpc) is 2.76. The van der Waals surface area contributed by atoms with Gasteiger partial charge < -0.3 is 9.64 Å². The standard InChI is InChI=1S/C15H15Cl2N3O/c1-9-7-20(8-10-3-5-11(21-2)6-4-10)14-12(9)13(16)18-15(17)19-14/h3-6,9H,7-8H2,1-2H3/t9-/m1/s1. The van der Waals surface area contributed by atoms with Gasteiger partial charge in [-0.25, -0.2) is 9.97 Å². The lowest BCUT2D eigenvalue weighted by atomic mass is 10.1. The summed E-state index contributed by atoms with van der Waals surface area (Å²) in [4.78, 5) is 10.6. The molecule has 110 valence electrons. The summed E-state index contributed by atoms with van der Waals surface area (Å²) < 4.78 is 5.17. The fourth-order valence-electron chi connectivity index (χ4n) is 2.67. The maximum atomic E-state index is 6.20. The van der Waals surface area contributed by atoms with Crippen LogP contribution in [0.3, 0.4) is 0 Å². The first-order valence-electron chi connectivity index (χ1n) is 6.69. The molecule has 0 bridgehead atoms. The second kappa shape index (κ2) is 5.70. The maximum Gasteiger partial charge on any atom is 0.225 e. The summed E-state index contributed by atoms with van der Waals surface area (Å²) in [6.07, 6.45) is 0. The Morgan fingerprint density at radius 2 is 1.95 bits per heavy atom. The number of methoxy groups -OCH3 is 1. The van der Waals surface area contributed by atoms with Gasteiger partial charge in [0, 0.05) is 24.6 Å². The lowest BCUT2D eigenvalue weighted by molar-refractivity contribution is 0.414. The van der Waals surface area contributed by atoms with Crippen LogP contribution >= 0.6 is 23.2 Å². The Morgan fingerprint density at radius 1 is 1.24 bits per heavy atom. The van der Waals surface area contributed by atoms with Crippen molar-refractivity contribution in [2.24, 2.45) is 0 Å². The molecule has 0 saturated heterocycles. The van der Waals surface area contributed by atoms with Crippen LogP contribution in [0.15, 0.2) is 24.3 Å². The van der Waals surface area contributed by atoms with Crippen molar-refractivity contribution in [2.45, 2.75) is 19.4 Å². The van der Waals surface area contributed by atoms with E-state index in [4.69, 9.17) is 27.9 Å². The highest BCUT2D eigenvalue weighted by atomic mass is 35.5. The fraction of sp³-hybridized carbons (Fsp3) is 0.333. The van der Waals surface area contributed by atoms with Gasteiger partial charge in [-0.15, -0.1) is 0 Å². The van der Waals surface area contributed by atoms with Gasteiger partial charge in [0.2, 0.25) is 5.28 Å². The summed E-state index contributed by atoms with van der Waals surface area (Å²) >= 11 is 12.1. The highest BCUT2D eigenvalue weighted by Gasteiger charge is 2.30. The van der Waals surface area contributed by atoms with Crippen LogP contribution in [0.25, 0.3) is 0 Å². The van der Waals surface area contributed by atoms with E-state index in [1.807, 2.05) is 24.3 Å². The Hall–Kier alpha value is -1.52. The maximum absolute atomic E-state index is 6.20. The molecule has 0 fully saturated rings. The zero-order chi connectivity index (χ0) is 15.0. The third-order valence-corrected chi connectivity index (χ3v) is 4.13. The number of nitrogens with zero attached hydrogens (tertiary/aromatic N) is 3. The Bertz CT molecular complexity index is 661. The molecule has 2 heterocycles. The number of ether oxygens (including phenoxy) is 1. The van der Waals surface area contributed by atoms with Crippen molar-refractivity contribution < 1.29 is 4.74 Å². The Labute approximate surface area is 133 Å². The van der Waals surface area contributed by atoms with Crippen LogP contribution in [-0.4, -0.2) is 23.6 Å². The van der Waals surface area contributed by atoms with Gasteiger partial charge in [0.25, 0.3) is 0 Å². The third kappa shape index (κ3) is 2.78. The Kier molecular flexibility index (Phi) is 3.91. The zero-order valence-corrected chi connectivity index (χ0v) is 13.3. The molecule has 2 aromatic rings. The smallest absolute Gasteiger partial charge is 0.225 e. The average molecular weight is 324 g/mol. The second-order valence-electron chi connectivity index (χ2n) is 5.15. The molecule has 0 N–H and O–H groups in total. The topological polar surface area (TPSA) is 38.2 Å². The Morgan fingerprint density at radius 3 is 2.62 bits per heavy atom. The fourth-order valence-corrected chi connectivity index (χ4v) is 3.23. The number of hydrogen-bond acceptors (Lipinski definition) is 4. The molecule has 0 aliphatic carbocycles. The van der Waals surface area contributed by atoms with Gasteiger partial charge >= 0.3 is 0 Å². The predicted octanol–water partition coefficient (Wildman–Crippen LogP) is 3.92. The molecule has 21 heavy (non-hydrogen) atoms. The normalized spacial score (nSPS) is 17.0. The second-order valence-corrected chi connectivity index (χ2v) is 5.85. The number of anilines is 1. The minimum absolute atomic E-state index is 0.188. The largest absolute Gasteiger partial charge is 0.497 e. The summed E-state index contributed by atoms with van der Waals surface area (Å²) in [6.45, 7) is 3.73. The summed E-state index contributed by atoms with van der Waals surface area (Å²) in [5.41, 5.74) is 2.16. The third-order valence-electron chi connectivity index (χ3n) is 3.67. The van der Waals surface area contributed by atoms with Crippen molar-refractivity contribution in [2.75, 3.05) is 18.6 Å². The molecule has 0 radical (unpaired) electrons. The van der Waals surface area contributed by atoms with Crippen LogP contribution in [-0.2, 0) is 6.54 Å². The SMILES string of the molecule is COc1ccc(CN2C[C@@H](C)c3c(Cl)nc(Cl)nc32)cc1. The highest BCUT2D eigenvalue weighted by Crippen LogP contribution is 2.39. The predicted molar refractivity (Wildman–Crippen MR) is 84.5 cm³/mol. The van der Waals surface area contributed by atoms with Gasteiger partial charge in [-0.2, -0.15) is 0 Å². The van der Waals surface area contributed by atoms with Gasteiger partial charge in [0.05, 0.1) is 7.11 Å². The molecule has 1 aromatic carbocycles. The van der Waals surface area contributed by atoms with Crippen LogP contribution in [0.5, 0.6) is 5.75 Å². The van der Waals surface area contributed by atoms with E-state index >= 15 is 0 Å². The molecule has 3 rings (SSSR count). The van der Waals surface area contributed by atoms with Crippen molar-refractivity contribution in [3.8, 4) is 5.75 Å². The number of benzene rings is 1. The molecule has 0 amide bonds. The van der Waals surface area contributed by atoms with Crippen molar-refractivity contribution >= 4 is 29.0 Å². The quantitative estimate of drug-likeness (QED) is 0.634. The van der Waals surface area contributed by atoms with E-state index < -0.39 is 0 Å². The molecule has 6 heteroatoms. The van der Waals surface area contributed by atoms with Gasteiger partial charge in [0.1, 0.15) is 16.7 Å². The minimum Gasteiger partial charge on any atom is -0.497 e. The van der Waals surface area contributed by atoms with Crippen LogP contribution in [0.4, 0.5) is 5.82 Å². The van der Waals surface area contributed by atoms with Crippen molar-refractivity contribution in [3.63, 3.8) is 0 Å². The molecule has 0 unspecified atom stereocenters. The molecular weight excluding hydrogens is 309 g/mol. The van der Waals surface area contributed by atoms with Gasteiger partial charge in [-0.05, 0) is 29.3 Å². The van der Waals surface area contributed by atoms with Crippen molar-refractivity contribution in [3.05, 3.63) is 45.8 Å². The van der Waals surface area contributed by atoms with Crippen LogP contribution in [0.2, 0.25) is 10.4 Å². The summed E-state index contributed by atoms with van der Waals surface area (Å²) in [6, 6.07) is 8.00. The molecule has 0 saturated carbocycles.